The van der Waals surface area contributed by atoms with Crippen LogP contribution in [0, 0.1) is 10.1 Å². The second kappa shape index (κ2) is 7.58. The van der Waals surface area contributed by atoms with E-state index in [1.165, 1.54) is 35.6 Å². The molecule has 0 bridgehead atoms. The second-order valence-electron chi connectivity index (χ2n) is 5.24. The Hall–Kier alpha value is -3.52. The third kappa shape index (κ3) is 3.93. The Bertz CT molecular complexity index is 952. The number of thiophene rings is 1. The van der Waals surface area contributed by atoms with Gasteiger partial charge in [-0.05, 0) is 29.8 Å². The zero-order chi connectivity index (χ0) is 18.5. The molecule has 0 saturated heterocycles. The first kappa shape index (κ1) is 17.3. The van der Waals surface area contributed by atoms with E-state index in [0.717, 1.165) is 10.4 Å². The minimum Gasteiger partial charge on any atom is -0.267 e. The van der Waals surface area contributed by atoms with Gasteiger partial charge in [0.1, 0.15) is 0 Å². The van der Waals surface area contributed by atoms with Gasteiger partial charge in [-0.3, -0.25) is 30.6 Å². The van der Waals surface area contributed by atoms with Gasteiger partial charge in [-0.1, -0.05) is 30.3 Å². The number of rotatable bonds is 4. The summed E-state index contributed by atoms with van der Waals surface area (Å²) in [5.74, 6) is -1.000. The van der Waals surface area contributed by atoms with Crippen LogP contribution in [0.15, 0.2) is 66.7 Å². The predicted octanol–water partition coefficient (Wildman–Crippen LogP) is 3.40. The molecule has 130 valence electrons. The van der Waals surface area contributed by atoms with Gasteiger partial charge in [-0.15, -0.1) is 11.3 Å². The first-order valence-electron chi connectivity index (χ1n) is 7.55. The molecule has 1 heterocycles. The average molecular weight is 367 g/mol. The molecule has 0 radical (unpaired) electrons. The van der Waals surface area contributed by atoms with Crippen LogP contribution in [0.2, 0.25) is 0 Å². The van der Waals surface area contributed by atoms with Crippen molar-refractivity contribution in [1.82, 2.24) is 10.9 Å². The Kier molecular flexibility index (Phi) is 5.04. The predicted molar refractivity (Wildman–Crippen MR) is 97.8 cm³/mol. The fourth-order valence-electron chi connectivity index (χ4n) is 2.20. The lowest BCUT2D eigenvalue weighted by molar-refractivity contribution is -0.384. The Balaban J connectivity index is 1.61. The summed E-state index contributed by atoms with van der Waals surface area (Å²) in [5.41, 5.74) is 5.72. The smallest absolute Gasteiger partial charge is 0.267 e. The van der Waals surface area contributed by atoms with E-state index in [-0.39, 0.29) is 11.3 Å². The molecule has 0 saturated carbocycles. The quantitative estimate of drug-likeness (QED) is 0.545. The van der Waals surface area contributed by atoms with Crippen molar-refractivity contribution in [3.63, 3.8) is 0 Å². The zero-order valence-electron chi connectivity index (χ0n) is 13.3. The highest BCUT2D eigenvalue weighted by molar-refractivity contribution is 7.17. The Morgan fingerprint density at radius 1 is 0.846 bits per heavy atom. The summed E-state index contributed by atoms with van der Waals surface area (Å²) in [6.45, 7) is 0. The van der Waals surface area contributed by atoms with E-state index in [1.807, 2.05) is 36.4 Å². The number of hydrogen-bond donors (Lipinski definition) is 2. The summed E-state index contributed by atoms with van der Waals surface area (Å²) in [4.78, 5) is 35.6. The van der Waals surface area contributed by atoms with Crippen LogP contribution >= 0.6 is 11.3 Å². The molecule has 2 amide bonds. The summed E-state index contributed by atoms with van der Waals surface area (Å²) >= 11 is 1.31. The lowest BCUT2D eigenvalue weighted by Crippen LogP contribution is -2.41. The Labute approximate surface area is 152 Å². The van der Waals surface area contributed by atoms with E-state index in [1.54, 1.807) is 6.07 Å². The molecule has 0 aliphatic carbocycles. The van der Waals surface area contributed by atoms with Crippen LogP contribution < -0.4 is 10.9 Å². The highest BCUT2D eigenvalue weighted by atomic mass is 32.1. The molecule has 3 rings (SSSR count). The van der Waals surface area contributed by atoms with E-state index < -0.39 is 16.7 Å². The van der Waals surface area contributed by atoms with Gasteiger partial charge in [-0.2, -0.15) is 0 Å². The number of hydrogen-bond acceptors (Lipinski definition) is 5. The lowest BCUT2D eigenvalue weighted by Gasteiger charge is -2.06. The van der Waals surface area contributed by atoms with Crippen molar-refractivity contribution in [1.29, 1.82) is 0 Å². The van der Waals surface area contributed by atoms with Crippen LogP contribution in [0.3, 0.4) is 0 Å². The van der Waals surface area contributed by atoms with Gasteiger partial charge < -0.3 is 0 Å². The largest absolute Gasteiger partial charge is 0.279 e. The second-order valence-corrected chi connectivity index (χ2v) is 6.33. The monoisotopic (exact) mass is 367 g/mol. The number of hydrazine groups is 1. The number of nitrogens with zero attached hydrogens (tertiary/aromatic N) is 1. The maximum Gasteiger partial charge on any atom is 0.279 e. The van der Waals surface area contributed by atoms with E-state index >= 15 is 0 Å². The van der Waals surface area contributed by atoms with Crippen LogP contribution in [-0.2, 0) is 0 Å². The van der Waals surface area contributed by atoms with Crippen molar-refractivity contribution < 1.29 is 14.5 Å². The summed E-state index contributed by atoms with van der Waals surface area (Å²) in [6.07, 6.45) is 0. The molecule has 2 N–H and O–H groups in total. The summed E-state index contributed by atoms with van der Waals surface area (Å²) in [5, 5.41) is 10.6. The van der Waals surface area contributed by atoms with Crippen molar-refractivity contribution in [2.24, 2.45) is 0 Å². The third-order valence-corrected chi connectivity index (χ3v) is 4.65. The molecule has 0 aliphatic rings. The molecule has 3 aromatic rings. The molecular weight excluding hydrogens is 354 g/mol. The highest BCUT2D eigenvalue weighted by Gasteiger charge is 2.13. The SMILES string of the molecule is O=C(NNC(=O)c1ccc(-c2ccccc2)s1)c1ccc([N+](=O)[O-])cc1. The highest BCUT2D eigenvalue weighted by Crippen LogP contribution is 2.27. The van der Waals surface area contributed by atoms with Crippen LogP contribution in [0.4, 0.5) is 5.69 Å². The summed E-state index contributed by atoms with van der Waals surface area (Å²) < 4.78 is 0. The molecule has 8 heteroatoms. The van der Waals surface area contributed by atoms with Gasteiger partial charge in [0.15, 0.2) is 0 Å². The summed E-state index contributed by atoms with van der Waals surface area (Å²) in [6, 6.07) is 18.2. The molecule has 26 heavy (non-hydrogen) atoms. The van der Waals surface area contributed by atoms with Gasteiger partial charge in [-0.25, -0.2) is 0 Å². The number of non-ortho nitro benzene ring substituents is 1. The van der Waals surface area contributed by atoms with Crippen molar-refractivity contribution in [2.75, 3.05) is 0 Å². The molecule has 2 aromatic carbocycles. The maximum absolute atomic E-state index is 12.2. The van der Waals surface area contributed by atoms with E-state index in [4.69, 9.17) is 0 Å². The van der Waals surface area contributed by atoms with Crippen molar-refractivity contribution >= 4 is 28.8 Å². The number of nitrogens with one attached hydrogen (secondary N) is 2. The zero-order valence-corrected chi connectivity index (χ0v) is 14.2. The number of amides is 2. The molecule has 0 fully saturated rings. The van der Waals surface area contributed by atoms with Gasteiger partial charge in [0, 0.05) is 22.6 Å². The summed E-state index contributed by atoms with van der Waals surface area (Å²) in [7, 11) is 0. The first-order chi connectivity index (χ1) is 12.5. The number of nitro groups is 1. The third-order valence-electron chi connectivity index (χ3n) is 3.52. The van der Waals surface area contributed by atoms with Crippen LogP contribution in [0.1, 0.15) is 20.0 Å². The van der Waals surface area contributed by atoms with Gasteiger partial charge >= 0.3 is 0 Å². The van der Waals surface area contributed by atoms with E-state index in [0.29, 0.717) is 4.88 Å². The maximum atomic E-state index is 12.2. The van der Waals surface area contributed by atoms with Crippen molar-refractivity contribution in [3.05, 3.63) is 87.3 Å². The molecule has 0 unspecified atom stereocenters. The van der Waals surface area contributed by atoms with Crippen LogP contribution in [0.25, 0.3) is 10.4 Å². The van der Waals surface area contributed by atoms with Gasteiger partial charge in [0.25, 0.3) is 17.5 Å². The number of carbonyl (C=O) groups is 2. The molecule has 0 spiro atoms. The van der Waals surface area contributed by atoms with Crippen molar-refractivity contribution in [3.8, 4) is 10.4 Å². The minimum absolute atomic E-state index is 0.113. The fraction of sp³-hybridized carbons (Fsp3) is 0. The Morgan fingerprint density at radius 3 is 2.15 bits per heavy atom. The standard InChI is InChI=1S/C18H13N3O4S/c22-17(13-6-8-14(9-7-13)21(24)25)19-20-18(23)16-11-10-15(26-16)12-4-2-1-3-5-12/h1-11H,(H,19,22)(H,20,23). The van der Waals surface area contributed by atoms with Crippen LogP contribution in [0.5, 0.6) is 0 Å². The molecule has 0 atom stereocenters. The molecule has 0 aliphatic heterocycles. The number of benzene rings is 2. The molecule has 7 nitrogen and oxygen atoms in total. The Morgan fingerprint density at radius 2 is 1.50 bits per heavy atom. The number of carbonyl (C=O) groups excluding carboxylic acids is 2. The molecule has 1 aromatic heterocycles. The average Bonchev–Trinajstić information content (AvgIpc) is 3.17. The lowest BCUT2D eigenvalue weighted by atomic mass is 10.2. The van der Waals surface area contributed by atoms with Crippen molar-refractivity contribution in [2.45, 2.75) is 0 Å². The van der Waals surface area contributed by atoms with E-state index in [2.05, 4.69) is 10.9 Å². The first-order valence-corrected chi connectivity index (χ1v) is 8.36. The minimum atomic E-state index is -0.562. The molecular formula is C18H13N3O4S. The number of nitro benzene ring substituents is 1. The van der Waals surface area contributed by atoms with Gasteiger partial charge in [0.05, 0.1) is 9.80 Å². The van der Waals surface area contributed by atoms with Gasteiger partial charge in [0.2, 0.25) is 0 Å². The van der Waals surface area contributed by atoms with Crippen LogP contribution in [-0.4, -0.2) is 16.7 Å². The normalized spacial score (nSPS) is 10.2. The van der Waals surface area contributed by atoms with E-state index in [9.17, 15) is 19.7 Å². The topological polar surface area (TPSA) is 101 Å². The fourth-order valence-corrected chi connectivity index (χ4v) is 3.11.